The van der Waals surface area contributed by atoms with Crippen LogP contribution < -0.4 is 11.1 Å². The van der Waals surface area contributed by atoms with Gasteiger partial charge in [0.2, 0.25) is 5.91 Å². The second-order valence-corrected chi connectivity index (χ2v) is 6.51. The van der Waals surface area contributed by atoms with Gasteiger partial charge in [-0.3, -0.25) is 4.79 Å². The lowest BCUT2D eigenvalue weighted by molar-refractivity contribution is -0.122. The fourth-order valence-electron chi connectivity index (χ4n) is 2.52. The zero-order valence-corrected chi connectivity index (χ0v) is 15.8. The smallest absolute Gasteiger partial charge is 0.220 e. The first-order chi connectivity index (χ1) is 11.5. The second-order valence-electron chi connectivity index (χ2n) is 6.51. The Labute approximate surface area is 155 Å². The van der Waals surface area contributed by atoms with Crippen LogP contribution in [0.5, 0.6) is 0 Å². The number of rotatable bonds is 9. The minimum absolute atomic E-state index is 0. The van der Waals surface area contributed by atoms with Crippen molar-refractivity contribution in [1.82, 2.24) is 20.3 Å². The second kappa shape index (κ2) is 10.2. The minimum atomic E-state index is -0.554. The van der Waals surface area contributed by atoms with Crippen molar-refractivity contribution in [3.63, 3.8) is 0 Å². The molecule has 6 nitrogen and oxygen atoms in total. The lowest BCUT2D eigenvalue weighted by Crippen LogP contribution is -2.41. The molecule has 2 rings (SSSR count). The van der Waals surface area contributed by atoms with E-state index in [1.807, 2.05) is 50.4 Å². The number of halogens is 1. The molecule has 0 aliphatic carbocycles. The van der Waals surface area contributed by atoms with E-state index < -0.39 is 5.54 Å². The molecule has 1 heterocycles. The highest BCUT2D eigenvalue weighted by Gasteiger charge is 2.26. The Bertz CT molecular complexity index is 642. The number of benzene rings is 1. The monoisotopic (exact) mass is 365 g/mol. The van der Waals surface area contributed by atoms with E-state index in [0.29, 0.717) is 6.42 Å². The number of carbonyl (C=O) groups is 1. The van der Waals surface area contributed by atoms with Gasteiger partial charge in [0, 0.05) is 6.42 Å². The van der Waals surface area contributed by atoms with Crippen molar-refractivity contribution >= 4 is 18.3 Å². The Morgan fingerprint density at radius 2 is 1.84 bits per heavy atom. The highest BCUT2D eigenvalue weighted by molar-refractivity contribution is 5.85. The normalized spacial score (nSPS) is 11.0. The van der Waals surface area contributed by atoms with Crippen molar-refractivity contribution in [3.05, 3.63) is 42.2 Å². The van der Waals surface area contributed by atoms with Crippen LogP contribution in [0.3, 0.4) is 0 Å². The lowest BCUT2D eigenvalue weighted by Gasteiger charge is -2.23. The number of amides is 1. The first-order valence-corrected chi connectivity index (χ1v) is 8.52. The molecule has 0 spiro atoms. The van der Waals surface area contributed by atoms with E-state index in [4.69, 9.17) is 5.73 Å². The highest BCUT2D eigenvalue weighted by atomic mass is 35.5. The molecule has 0 fully saturated rings. The van der Waals surface area contributed by atoms with Gasteiger partial charge in [-0.15, -0.1) is 17.5 Å². The molecule has 0 aliphatic rings. The number of nitrogens with zero attached hydrogens (tertiary/aromatic N) is 3. The molecule has 1 amide bonds. The summed E-state index contributed by atoms with van der Waals surface area (Å²) in [4.78, 5) is 12.2. The summed E-state index contributed by atoms with van der Waals surface area (Å²) in [5.41, 5.74) is 6.60. The van der Waals surface area contributed by atoms with Crippen molar-refractivity contribution in [2.45, 2.75) is 51.5 Å². The predicted molar refractivity (Wildman–Crippen MR) is 102 cm³/mol. The molecule has 1 aromatic carbocycles. The predicted octanol–water partition coefficient (Wildman–Crippen LogP) is 2.95. The van der Waals surface area contributed by atoms with E-state index in [1.54, 1.807) is 4.68 Å². The van der Waals surface area contributed by atoms with Crippen molar-refractivity contribution in [2.75, 3.05) is 6.54 Å². The van der Waals surface area contributed by atoms with Crippen LogP contribution in [0.15, 0.2) is 36.5 Å². The molecule has 0 atom stereocenters. The maximum atomic E-state index is 12.2. The van der Waals surface area contributed by atoms with E-state index >= 15 is 0 Å². The Balaban J connectivity index is 0.00000312. The van der Waals surface area contributed by atoms with E-state index in [1.165, 1.54) is 0 Å². The molecule has 0 aliphatic heterocycles. The molecular formula is C18H28ClN5O. The van der Waals surface area contributed by atoms with Crippen LogP contribution in [0.25, 0.3) is 5.69 Å². The zero-order chi connectivity index (χ0) is 17.4. The third-order valence-electron chi connectivity index (χ3n) is 3.96. The van der Waals surface area contributed by atoms with Crippen molar-refractivity contribution in [2.24, 2.45) is 5.73 Å². The Kier molecular flexibility index (Phi) is 8.58. The topological polar surface area (TPSA) is 85.8 Å². The van der Waals surface area contributed by atoms with E-state index in [9.17, 15) is 4.79 Å². The van der Waals surface area contributed by atoms with Crippen molar-refractivity contribution in [3.8, 4) is 5.69 Å². The summed E-state index contributed by atoms with van der Waals surface area (Å²) in [6.07, 6.45) is 6.42. The highest BCUT2D eigenvalue weighted by Crippen LogP contribution is 2.19. The van der Waals surface area contributed by atoms with Crippen LogP contribution in [0.1, 0.15) is 51.6 Å². The number of aromatic nitrogens is 3. The number of hydrogen-bond acceptors (Lipinski definition) is 4. The van der Waals surface area contributed by atoms with E-state index in [2.05, 4.69) is 15.6 Å². The maximum Gasteiger partial charge on any atom is 0.220 e. The number of hydrogen-bond donors (Lipinski definition) is 2. The third kappa shape index (κ3) is 6.48. The number of carbonyl (C=O) groups excluding carboxylic acids is 1. The largest absolute Gasteiger partial charge is 0.345 e. The fourth-order valence-corrected chi connectivity index (χ4v) is 2.52. The Morgan fingerprint density at radius 1 is 1.16 bits per heavy atom. The first-order valence-electron chi connectivity index (χ1n) is 8.52. The Morgan fingerprint density at radius 3 is 2.52 bits per heavy atom. The molecule has 1 aromatic heterocycles. The van der Waals surface area contributed by atoms with Gasteiger partial charge in [-0.05, 0) is 45.4 Å². The average Bonchev–Trinajstić information content (AvgIpc) is 3.06. The molecule has 2 aromatic rings. The van der Waals surface area contributed by atoms with E-state index in [-0.39, 0.29) is 18.3 Å². The van der Waals surface area contributed by atoms with Crippen LogP contribution >= 0.6 is 12.4 Å². The van der Waals surface area contributed by atoms with Gasteiger partial charge in [0.05, 0.1) is 17.4 Å². The number of para-hydroxylation sites is 1. The molecular weight excluding hydrogens is 338 g/mol. The summed E-state index contributed by atoms with van der Waals surface area (Å²) in [6.45, 7) is 4.60. The molecule has 0 unspecified atom stereocenters. The quantitative estimate of drug-likeness (QED) is 0.669. The molecule has 3 N–H and O–H groups in total. The van der Waals surface area contributed by atoms with Gasteiger partial charge in [0.1, 0.15) is 5.69 Å². The summed E-state index contributed by atoms with van der Waals surface area (Å²) >= 11 is 0. The SMILES string of the molecule is CC(C)(NC(=O)CCCCCCN)c1cn(-c2ccccc2)nn1.Cl. The van der Waals surface area contributed by atoms with Gasteiger partial charge in [0.15, 0.2) is 0 Å². The molecule has 25 heavy (non-hydrogen) atoms. The van der Waals surface area contributed by atoms with Gasteiger partial charge >= 0.3 is 0 Å². The van der Waals surface area contributed by atoms with Crippen LogP contribution in [-0.4, -0.2) is 27.4 Å². The summed E-state index contributed by atoms with van der Waals surface area (Å²) < 4.78 is 1.72. The Hall–Kier alpha value is -1.92. The average molecular weight is 366 g/mol. The fraction of sp³-hybridized carbons (Fsp3) is 0.500. The lowest BCUT2D eigenvalue weighted by atomic mass is 10.0. The van der Waals surface area contributed by atoms with Crippen LogP contribution in [-0.2, 0) is 10.3 Å². The maximum absolute atomic E-state index is 12.2. The first kappa shape index (κ1) is 21.1. The molecule has 0 saturated heterocycles. The van der Waals surface area contributed by atoms with Crippen LogP contribution in [0.2, 0.25) is 0 Å². The van der Waals surface area contributed by atoms with E-state index in [0.717, 1.165) is 43.6 Å². The standard InChI is InChI=1S/C18H27N5O.ClH/c1-18(2,20-17(24)12-8-3-4-9-13-19)16-14-23(22-21-16)15-10-6-5-7-11-15;/h5-7,10-11,14H,3-4,8-9,12-13,19H2,1-2H3,(H,20,24);1H. The summed E-state index contributed by atoms with van der Waals surface area (Å²) in [6, 6.07) is 9.79. The van der Waals surface area contributed by atoms with Crippen molar-refractivity contribution in [1.29, 1.82) is 0 Å². The molecule has 7 heteroatoms. The van der Waals surface area contributed by atoms with Gasteiger partial charge in [-0.2, -0.15) is 0 Å². The van der Waals surface area contributed by atoms with Crippen LogP contribution in [0.4, 0.5) is 0 Å². The van der Waals surface area contributed by atoms with Crippen LogP contribution in [0, 0.1) is 0 Å². The molecule has 0 radical (unpaired) electrons. The minimum Gasteiger partial charge on any atom is -0.345 e. The molecule has 0 bridgehead atoms. The van der Waals surface area contributed by atoms with Crippen molar-refractivity contribution < 1.29 is 4.79 Å². The third-order valence-corrected chi connectivity index (χ3v) is 3.96. The summed E-state index contributed by atoms with van der Waals surface area (Å²) in [5.74, 6) is 0.0435. The zero-order valence-electron chi connectivity index (χ0n) is 14.9. The summed E-state index contributed by atoms with van der Waals surface area (Å²) in [7, 11) is 0. The number of unbranched alkanes of at least 4 members (excludes halogenated alkanes) is 3. The molecule has 138 valence electrons. The van der Waals surface area contributed by atoms with Gasteiger partial charge < -0.3 is 11.1 Å². The molecule has 0 saturated carbocycles. The van der Waals surface area contributed by atoms with Gasteiger partial charge in [-0.1, -0.05) is 36.3 Å². The summed E-state index contributed by atoms with van der Waals surface area (Å²) in [5, 5.41) is 11.4. The number of nitrogens with one attached hydrogen (secondary N) is 1. The van der Waals surface area contributed by atoms with Gasteiger partial charge in [-0.25, -0.2) is 4.68 Å². The number of nitrogens with two attached hydrogens (primary N) is 1. The van der Waals surface area contributed by atoms with Gasteiger partial charge in [0.25, 0.3) is 0 Å².